The third-order valence-corrected chi connectivity index (χ3v) is 8.82. The van der Waals surface area contributed by atoms with Gasteiger partial charge in [-0.15, -0.1) is 0 Å². The van der Waals surface area contributed by atoms with Crippen molar-refractivity contribution in [1.29, 1.82) is 0 Å². The highest BCUT2D eigenvalue weighted by molar-refractivity contribution is 7.92. The highest BCUT2D eigenvalue weighted by Gasteiger charge is 2.51. The number of nitrogens with zero attached hydrogens (tertiary/aromatic N) is 1. The molecule has 1 heterocycles. The van der Waals surface area contributed by atoms with E-state index in [1.54, 1.807) is 0 Å². The van der Waals surface area contributed by atoms with E-state index in [-0.39, 0.29) is 23.5 Å². The number of hydrogen-bond donors (Lipinski definition) is 2. The predicted molar refractivity (Wildman–Crippen MR) is 144 cm³/mol. The normalized spacial score (nSPS) is 16.7. The van der Waals surface area contributed by atoms with Gasteiger partial charge in [0, 0.05) is 17.6 Å². The summed E-state index contributed by atoms with van der Waals surface area (Å²) in [5, 5.41) is 2.07. The summed E-state index contributed by atoms with van der Waals surface area (Å²) in [6, 6.07) is 6.39. The van der Waals surface area contributed by atoms with Crippen LogP contribution in [0.25, 0.3) is 0 Å². The van der Waals surface area contributed by atoms with Crippen LogP contribution >= 0.6 is 0 Å². The van der Waals surface area contributed by atoms with Crippen LogP contribution in [-0.2, 0) is 31.0 Å². The van der Waals surface area contributed by atoms with Crippen LogP contribution in [0, 0.1) is 0 Å². The zero-order valence-electron chi connectivity index (χ0n) is 23.4. The van der Waals surface area contributed by atoms with Crippen LogP contribution in [0.15, 0.2) is 47.4 Å². The Morgan fingerprint density at radius 3 is 2.19 bits per heavy atom. The molecule has 0 aliphatic carbocycles. The molecule has 18 heteroatoms. The number of fused-ring (bicyclic) bond motifs is 1. The van der Waals surface area contributed by atoms with Gasteiger partial charge in [-0.1, -0.05) is 6.07 Å². The van der Waals surface area contributed by atoms with Crippen LogP contribution in [0.5, 0.6) is 5.75 Å². The minimum atomic E-state index is -4.90. The van der Waals surface area contributed by atoms with Gasteiger partial charge in [-0.3, -0.25) is 9.62 Å². The summed E-state index contributed by atoms with van der Waals surface area (Å²) < 4.78 is 144. The van der Waals surface area contributed by atoms with Gasteiger partial charge in [-0.05, 0) is 64.1 Å². The fraction of sp³-hybridized carbons (Fsp3) is 0.480. The molecule has 1 amide bonds. The number of alkyl halides is 6. The van der Waals surface area contributed by atoms with Crippen molar-refractivity contribution in [3.8, 4) is 5.75 Å². The molecule has 0 fully saturated rings. The van der Waals surface area contributed by atoms with Crippen LogP contribution in [-0.4, -0.2) is 59.1 Å². The Hall–Kier alpha value is -3.25. The van der Waals surface area contributed by atoms with Gasteiger partial charge in [-0.25, -0.2) is 26.4 Å². The fourth-order valence-electron chi connectivity index (χ4n) is 4.23. The molecule has 0 saturated heterocycles. The molecular formula is C25H29F6N3O7S2. The first kappa shape index (κ1) is 34.2. The Balaban J connectivity index is 2.05. The van der Waals surface area contributed by atoms with E-state index in [0.29, 0.717) is 26.0 Å². The number of anilines is 2. The molecule has 240 valence electrons. The van der Waals surface area contributed by atoms with Crippen molar-refractivity contribution >= 4 is 37.5 Å². The number of nitrogens with one attached hydrogen (secondary N) is 2. The molecule has 1 unspecified atom stereocenters. The number of carbonyl (C=O) groups is 1. The SMILES string of the molecule is CC(C)(CC1CN(S(=O)(=O)c2cccc(C(F)(F)F)c2)c2cc(NC(=O)OC(C)(C)C(F)(F)F)ccc2O1)NS(C)(=O)=O. The van der Waals surface area contributed by atoms with Crippen LogP contribution in [0.3, 0.4) is 0 Å². The number of hydrogen-bond acceptors (Lipinski definition) is 7. The lowest BCUT2D eigenvalue weighted by atomic mass is 9.97. The smallest absolute Gasteiger partial charge is 0.427 e. The Kier molecular flexibility index (Phi) is 9.04. The molecule has 1 aliphatic rings. The van der Waals surface area contributed by atoms with E-state index in [2.05, 4.69) is 14.8 Å². The lowest BCUT2D eigenvalue weighted by Crippen LogP contribution is -2.51. The third kappa shape index (κ3) is 8.44. The van der Waals surface area contributed by atoms with Crippen LogP contribution in [0.1, 0.15) is 39.7 Å². The average Bonchev–Trinajstić information content (AvgIpc) is 2.80. The molecule has 0 saturated carbocycles. The highest BCUT2D eigenvalue weighted by atomic mass is 32.2. The first-order chi connectivity index (χ1) is 19.3. The molecule has 0 aromatic heterocycles. The quantitative estimate of drug-likeness (QED) is 0.369. The van der Waals surface area contributed by atoms with Crippen molar-refractivity contribution in [2.75, 3.05) is 22.4 Å². The molecule has 3 rings (SSSR count). The van der Waals surface area contributed by atoms with E-state index in [1.165, 1.54) is 26.0 Å². The minimum Gasteiger partial charge on any atom is -0.486 e. The number of ether oxygens (including phenoxy) is 2. The number of halogens is 6. The molecular weight excluding hydrogens is 632 g/mol. The molecule has 0 radical (unpaired) electrons. The number of rotatable bonds is 8. The Morgan fingerprint density at radius 1 is 1.00 bits per heavy atom. The van der Waals surface area contributed by atoms with Crippen molar-refractivity contribution in [3.05, 3.63) is 48.0 Å². The van der Waals surface area contributed by atoms with E-state index in [1.807, 2.05) is 0 Å². The summed E-state index contributed by atoms with van der Waals surface area (Å²) in [6.45, 7) is 3.77. The van der Waals surface area contributed by atoms with Gasteiger partial charge in [0.2, 0.25) is 15.6 Å². The second kappa shape index (κ2) is 11.4. The number of amides is 1. The van der Waals surface area contributed by atoms with Gasteiger partial charge in [-0.2, -0.15) is 26.3 Å². The minimum absolute atomic E-state index is 0.0903. The summed E-state index contributed by atoms with van der Waals surface area (Å²) in [4.78, 5) is 11.5. The van der Waals surface area contributed by atoms with E-state index in [0.717, 1.165) is 28.8 Å². The Bertz CT molecular complexity index is 1590. The zero-order valence-corrected chi connectivity index (χ0v) is 25.1. The van der Waals surface area contributed by atoms with E-state index < -0.39 is 72.7 Å². The van der Waals surface area contributed by atoms with Crippen LogP contribution in [0.4, 0.5) is 42.5 Å². The summed E-state index contributed by atoms with van der Waals surface area (Å²) in [6.07, 6.45) is -11.5. The lowest BCUT2D eigenvalue weighted by molar-refractivity contribution is -0.242. The maximum absolute atomic E-state index is 13.8. The maximum Gasteiger partial charge on any atom is 0.427 e. The predicted octanol–water partition coefficient (Wildman–Crippen LogP) is 5.27. The molecule has 0 spiro atoms. The fourth-order valence-corrected chi connectivity index (χ4v) is 6.86. The van der Waals surface area contributed by atoms with Crippen LogP contribution in [0.2, 0.25) is 0 Å². The number of sulfonamides is 2. The molecule has 1 atom stereocenters. The molecule has 43 heavy (non-hydrogen) atoms. The maximum atomic E-state index is 13.8. The third-order valence-electron chi connectivity index (χ3n) is 6.12. The molecule has 2 N–H and O–H groups in total. The molecule has 1 aliphatic heterocycles. The van der Waals surface area contributed by atoms with Crippen molar-refractivity contribution in [3.63, 3.8) is 0 Å². The summed E-state index contributed by atoms with van der Waals surface area (Å²) >= 11 is 0. The van der Waals surface area contributed by atoms with Gasteiger partial charge in [0.05, 0.1) is 28.9 Å². The largest absolute Gasteiger partial charge is 0.486 e. The first-order valence-electron chi connectivity index (χ1n) is 12.4. The molecule has 0 bridgehead atoms. The first-order valence-corrected chi connectivity index (χ1v) is 15.7. The van der Waals surface area contributed by atoms with Gasteiger partial charge < -0.3 is 9.47 Å². The van der Waals surface area contributed by atoms with Gasteiger partial charge >= 0.3 is 18.4 Å². The summed E-state index contributed by atoms with van der Waals surface area (Å²) in [7, 11) is -8.46. The zero-order chi connectivity index (χ0) is 32.8. The second-order valence-corrected chi connectivity index (χ2v) is 14.6. The Morgan fingerprint density at radius 2 is 1.63 bits per heavy atom. The van der Waals surface area contributed by atoms with Crippen LogP contribution < -0.4 is 19.1 Å². The van der Waals surface area contributed by atoms with E-state index in [9.17, 15) is 48.0 Å². The monoisotopic (exact) mass is 661 g/mol. The van der Waals surface area contributed by atoms with Crippen molar-refractivity contribution in [2.24, 2.45) is 0 Å². The van der Waals surface area contributed by atoms with Crippen molar-refractivity contribution in [1.82, 2.24) is 4.72 Å². The molecule has 10 nitrogen and oxygen atoms in total. The van der Waals surface area contributed by atoms with Gasteiger partial charge in [0.25, 0.3) is 10.0 Å². The number of carbonyl (C=O) groups excluding carboxylic acids is 1. The standard InChI is InChI=1S/C25H29F6N3O7S2/c1-22(2,33-42(5,36)37)13-17-14-34(43(38,39)18-8-6-7-15(11-18)24(26,27)28)19-12-16(9-10-20(19)40-17)32-21(35)41-23(3,4)25(29,30)31/h6-12,17,33H,13-14H2,1-5H3,(H,32,35). The summed E-state index contributed by atoms with van der Waals surface area (Å²) in [5.74, 6) is -0.114. The molecule has 2 aromatic rings. The van der Waals surface area contributed by atoms with E-state index in [4.69, 9.17) is 4.74 Å². The Labute approximate surface area is 244 Å². The van der Waals surface area contributed by atoms with Gasteiger partial charge in [0.1, 0.15) is 11.9 Å². The van der Waals surface area contributed by atoms with Gasteiger partial charge in [0.15, 0.2) is 0 Å². The highest BCUT2D eigenvalue weighted by Crippen LogP contribution is 2.41. The topological polar surface area (TPSA) is 131 Å². The lowest BCUT2D eigenvalue weighted by Gasteiger charge is -2.38. The van der Waals surface area contributed by atoms with E-state index >= 15 is 0 Å². The average molecular weight is 662 g/mol. The number of benzene rings is 2. The summed E-state index contributed by atoms with van der Waals surface area (Å²) in [5.41, 5.74) is -5.73. The van der Waals surface area contributed by atoms with Crippen molar-refractivity contribution in [2.45, 2.75) is 68.6 Å². The molecule has 2 aromatic carbocycles. The van der Waals surface area contributed by atoms with Crippen molar-refractivity contribution < 1.29 is 57.4 Å². The second-order valence-electron chi connectivity index (χ2n) is 11.0.